The van der Waals surface area contributed by atoms with Gasteiger partial charge in [0.05, 0.1) is 9.89 Å². The van der Waals surface area contributed by atoms with E-state index in [-0.39, 0.29) is 19.1 Å². The Morgan fingerprint density at radius 3 is 2.86 bits per heavy atom. The third-order valence-corrected chi connectivity index (χ3v) is 4.43. The monoisotopic (exact) mass is 373 g/mol. The Morgan fingerprint density at radius 1 is 1.50 bits per heavy atom. The Hall–Kier alpha value is -1.63. The minimum atomic E-state index is -0.912. The van der Waals surface area contributed by atoms with E-state index < -0.39 is 17.2 Å². The molecule has 1 fully saturated rings. The molecule has 2 rings (SSSR count). The molecule has 7 heteroatoms. The van der Waals surface area contributed by atoms with E-state index in [9.17, 15) is 19.1 Å². The fourth-order valence-electron chi connectivity index (χ4n) is 2.45. The molecule has 1 N–H and O–H groups in total. The molecule has 1 heterocycles. The zero-order valence-corrected chi connectivity index (χ0v) is 13.7. The molecule has 1 atom stereocenters. The average Bonchev–Trinajstić information content (AvgIpc) is 2.46. The second-order valence-corrected chi connectivity index (χ2v) is 6.50. The quantitative estimate of drug-likeness (QED) is 0.880. The van der Waals surface area contributed by atoms with E-state index in [2.05, 4.69) is 15.9 Å². The standard InChI is InChI=1S/C15H17BrFNO4/c1-15(14(20)21)5-2-6-18(9-15)13(19)8-22-12-4-3-10(17)7-11(12)16/h3-4,7H,2,5-6,8-9H2,1H3,(H,20,21). The van der Waals surface area contributed by atoms with E-state index in [4.69, 9.17) is 4.74 Å². The SMILES string of the molecule is CC1(C(=O)O)CCCN(C(=O)COc2ccc(F)cc2Br)C1. The van der Waals surface area contributed by atoms with E-state index in [0.29, 0.717) is 29.6 Å². The van der Waals surface area contributed by atoms with Gasteiger partial charge in [-0.2, -0.15) is 0 Å². The summed E-state index contributed by atoms with van der Waals surface area (Å²) in [4.78, 5) is 25.0. The summed E-state index contributed by atoms with van der Waals surface area (Å²) in [5, 5.41) is 9.26. The number of hydrogen-bond donors (Lipinski definition) is 1. The summed E-state index contributed by atoms with van der Waals surface area (Å²) in [6.07, 6.45) is 1.20. The van der Waals surface area contributed by atoms with Crippen LogP contribution in [0.2, 0.25) is 0 Å². The molecular formula is C15H17BrFNO4. The maximum absolute atomic E-state index is 13.0. The first-order chi connectivity index (χ1) is 10.3. The molecule has 5 nitrogen and oxygen atoms in total. The lowest BCUT2D eigenvalue weighted by Gasteiger charge is -2.37. The molecule has 1 aliphatic heterocycles. The van der Waals surface area contributed by atoms with Crippen LogP contribution in [0.1, 0.15) is 19.8 Å². The Balaban J connectivity index is 1.96. The lowest BCUT2D eigenvalue weighted by Crippen LogP contribution is -2.49. The highest BCUT2D eigenvalue weighted by Gasteiger charge is 2.39. The molecular weight excluding hydrogens is 357 g/mol. The average molecular weight is 374 g/mol. The van der Waals surface area contributed by atoms with Gasteiger partial charge < -0.3 is 14.7 Å². The highest BCUT2D eigenvalue weighted by atomic mass is 79.9. The summed E-state index contributed by atoms with van der Waals surface area (Å²) in [6, 6.07) is 3.93. The zero-order valence-electron chi connectivity index (χ0n) is 12.1. The molecule has 0 aliphatic carbocycles. The number of piperidine rings is 1. The van der Waals surface area contributed by atoms with E-state index in [0.717, 1.165) is 0 Å². The van der Waals surface area contributed by atoms with Crippen molar-refractivity contribution in [3.05, 3.63) is 28.5 Å². The Morgan fingerprint density at radius 2 is 2.23 bits per heavy atom. The van der Waals surface area contributed by atoms with E-state index in [1.165, 1.54) is 23.1 Å². The van der Waals surface area contributed by atoms with Crippen LogP contribution in [0.15, 0.2) is 22.7 Å². The number of carbonyl (C=O) groups excluding carboxylic acids is 1. The number of carboxylic acids is 1. The lowest BCUT2D eigenvalue weighted by atomic mass is 9.82. The number of carbonyl (C=O) groups is 2. The van der Waals surface area contributed by atoms with Crippen LogP contribution in [0.4, 0.5) is 4.39 Å². The van der Waals surface area contributed by atoms with Crippen molar-refractivity contribution in [1.82, 2.24) is 4.90 Å². The summed E-state index contributed by atoms with van der Waals surface area (Å²) in [5.41, 5.74) is -0.912. The normalized spacial score (nSPS) is 21.5. The largest absolute Gasteiger partial charge is 0.483 e. The van der Waals surface area contributed by atoms with Crippen LogP contribution in [0.25, 0.3) is 0 Å². The highest BCUT2D eigenvalue weighted by Crippen LogP contribution is 2.30. The molecule has 1 aromatic carbocycles. The fraction of sp³-hybridized carbons (Fsp3) is 0.467. The molecule has 120 valence electrons. The number of amides is 1. The first-order valence-corrected chi connectivity index (χ1v) is 7.70. The van der Waals surface area contributed by atoms with Gasteiger partial charge in [-0.1, -0.05) is 0 Å². The predicted octanol–water partition coefficient (Wildman–Crippen LogP) is 2.68. The number of aliphatic carboxylic acids is 1. The van der Waals surface area contributed by atoms with E-state index in [1.54, 1.807) is 6.92 Å². The molecule has 1 amide bonds. The molecule has 0 saturated carbocycles. The van der Waals surface area contributed by atoms with Crippen molar-refractivity contribution >= 4 is 27.8 Å². The van der Waals surface area contributed by atoms with Crippen LogP contribution >= 0.6 is 15.9 Å². The number of carboxylic acid groups (broad SMARTS) is 1. The van der Waals surface area contributed by atoms with Gasteiger partial charge in [0, 0.05) is 13.1 Å². The molecule has 0 spiro atoms. The topological polar surface area (TPSA) is 66.8 Å². The van der Waals surface area contributed by atoms with Gasteiger partial charge in [0.2, 0.25) is 0 Å². The summed E-state index contributed by atoms with van der Waals surface area (Å²) >= 11 is 3.16. The Kier molecular flexibility index (Phi) is 5.05. The molecule has 22 heavy (non-hydrogen) atoms. The predicted molar refractivity (Wildman–Crippen MR) is 81.2 cm³/mol. The molecule has 1 unspecified atom stereocenters. The summed E-state index contributed by atoms with van der Waals surface area (Å²) in [5.74, 6) is -1.21. The number of hydrogen-bond acceptors (Lipinski definition) is 3. The van der Waals surface area contributed by atoms with Crippen molar-refractivity contribution in [2.24, 2.45) is 5.41 Å². The fourth-order valence-corrected chi connectivity index (χ4v) is 2.92. The first kappa shape index (κ1) is 16.7. The Labute approximate surface area is 136 Å². The van der Waals surface area contributed by atoms with Crippen LogP contribution < -0.4 is 4.74 Å². The highest BCUT2D eigenvalue weighted by molar-refractivity contribution is 9.10. The van der Waals surface area contributed by atoms with Gasteiger partial charge in [-0.05, 0) is 53.9 Å². The number of likely N-dealkylation sites (tertiary alicyclic amines) is 1. The number of ether oxygens (including phenoxy) is 1. The number of benzene rings is 1. The second-order valence-electron chi connectivity index (χ2n) is 5.65. The van der Waals surface area contributed by atoms with Crippen molar-refractivity contribution in [2.75, 3.05) is 19.7 Å². The van der Waals surface area contributed by atoms with Crippen molar-refractivity contribution < 1.29 is 23.8 Å². The Bertz CT molecular complexity index is 595. The molecule has 0 aromatic heterocycles. The molecule has 1 aliphatic rings. The van der Waals surface area contributed by atoms with Crippen LogP contribution in [0.5, 0.6) is 5.75 Å². The van der Waals surface area contributed by atoms with Crippen molar-refractivity contribution in [2.45, 2.75) is 19.8 Å². The third kappa shape index (κ3) is 3.76. The number of rotatable bonds is 4. The lowest BCUT2D eigenvalue weighted by molar-refractivity contribution is -0.153. The van der Waals surface area contributed by atoms with Gasteiger partial charge in [-0.25, -0.2) is 4.39 Å². The smallest absolute Gasteiger partial charge is 0.311 e. The van der Waals surface area contributed by atoms with E-state index in [1.807, 2.05) is 0 Å². The minimum absolute atomic E-state index is 0.176. The number of nitrogens with zero attached hydrogens (tertiary/aromatic N) is 1. The molecule has 0 bridgehead atoms. The molecule has 0 radical (unpaired) electrons. The summed E-state index contributed by atoms with van der Waals surface area (Å²) < 4.78 is 18.8. The van der Waals surface area contributed by atoms with Gasteiger partial charge in [0.1, 0.15) is 11.6 Å². The van der Waals surface area contributed by atoms with Gasteiger partial charge in [-0.3, -0.25) is 9.59 Å². The van der Waals surface area contributed by atoms with Crippen molar-refractivity contribution in [1.29, 1.82) is 0 Å². The molecule has 1 aromatic rings. The molecule has 1 saturated heterocycles. The minimum Gasteiger partial charge on any atom is -0.483 e. The second kappa shape index (κ2) is 6.64. The van der Waals surface area contributed by atoms with E-state index >= 15 is 0 Å². The third-order valence-electron chi connectivity index (χ3n) is 3.81. The van der Waals surface area contributed by atoms with Crippen LogP contribution in [-0.2, 0) is 9.59 Å². The van der Waals surface area contributed by atoms with Crippen LogP contribution in [-0.4, -0.2) is 41.6 Å². The van der Waals surface area contributed by atoms with Crippen LogP contribution in [0, 0.1) is 11.2 Å². The van der Waals surface area contributed by atoms with Gasteiger partial charge in [-0.15, -0.1) is 0 Å². The van der Waals surface area contributed by atoms with Crippen LogP contribution in [0.3, 0.4) is 0 Å². The number of halogens is 2. The van der Waals surface area contributed by atoms with Gasteiger partial charge >= 0.3 is 5.97 Å². The van der Waals surface area contributed by atoms with Gasteiger partial charge in [0.15, 0.2) is 6.61 Å². The first-order valence-electron chi connectivity index (χ1n) is 6.91. The summed E-state index contributed by atoms with van der Waals surface area (Å²) in [6.45, 7) is 2.14. The maximum atomic E-state index is 13.0. The summed E-state index contributed by atoms with van der Waals surface area (Å²) in [7, 11) is 0. The maximum Gasteiger partial charge on any atom is 0.311 e. The van der Waals surface area contributed by atoms with Crippen molar-refractivity contribution in [3.63, 3.8) is 0 Å². The van der Waals surface area contributed by atoms with Gasteiger partial charge in [0.25, 0.3) is 5.91 Å². The van der Waals surface area contributed by atoms with Crippen molar-refractivity contribution in [3.8, 4) is 5.75 Å². The zero-order chi connectivity index (χ0) is 16.3.